The third-order valence-corrected chi connectivity index (χ3v) is 3.27. The van der Waals surface area contributed by atoms with E-state index in [9.17, 15) is 0 Å². The lowest BCUT2D eigenvalue weighted by molar-refractivity contribution is -0.0553. The molecular weight excluding hydrogens is 158 g/mol. The zero-order valence-corrected chi connectivity index (χ0v) is 7.28. The molecule has 1 aliphatic heterocycles. The van der Waals surface area contributed by atoms with Gasteiger partial charge in [0.25, 0.3) is 0 Å². The summed E-state index contributed by atoms with van der Waals surface area (Å²) in [5.74, 6) is 0. The molecule has 0 saturated carbocycles. The highest BCUT2D eigenvalue weighted by Crippen LogP contribution is 2.32. The van der Waals surface area contributed by atoms with Gasteiger partial charge >= 0.3 is 0 Å². The number of nitrogens with two attached hydrogens (primary N) is 1. The lowest BCUT2D eigenvalue weighted by Gasteiger charge is -2.37. The summed E-state index contributed by atoms with van der Waals surface area (Å²) in [6, 6.07) is 2.10. The van der Waals surface area contributed by atoms with Gasteiger partial charge in [-0.2, -0.15) is 0 Å². The number of hydrogen-bond donors (Lipinski definition) is 1. The van der Waals surface area contributed by atoms with Crippen molar-refractivity contribution in [2.45, 2.75) is 12.5 Å². The van der Waals surface area contributed by atoms with Gasteiger partial charge in [0.2, 0.25) is 0 Å². The third-order valence-electron chi connectivity index (χ3n) is 2.03. The summed E-state index contributed by atoms with van der Waals surface area (Å²) >= 11 is 1.73. The Labute approximate surface area is 70.0 Å². The van der Waals surface area contributed by atoms with Crippen molar-refractivity contribution < 1.29 is 4.74 Å². The average Bonchev–Trinajstić information content (AvgIpc) is 2.30. The molecule has 0 atom stereocenters. The Hall–Kier alpha value is -0.380. The molecule has 0 radical (unpaired) electrons. The summed E-state index contributed by atoms with van der Waals surface area (Å²) in [6.07, 6.45) is 0. The van der Waals surface area contributed by atoms with Crippen LogP contribution in [0, 0.1) is 6.92 Å². The van der Waals surface area contributed by atoms with Crippen molar-refractivity contribution in [1.82, 2.24) is 0 Å². The van der Waals surface area contributed by atoms with E-state index in [4.69, 9.17) is 10.5 Å². The SMILES string of the molecule is Cc1ccsc1C1(N)COC1. The van der Waals surface area contributed by atoms with E-state index >= 15 is 0 Å². The molecule has 1 saturated heterocycles. The van der Waals surface area contributed by atoms with Gasteiger partial charge in [-0.1, -0.05) is 0 Å². The zero-order valence-electron chi connectivity index (χ0n) is 6.46. The predicted molar refractivity (Wildman–Crippen MR) is 45.7 cm³/mol. The van der Waals surface area contributed by atoms with Gasteiger partial charge in [-0.3, -0.25) is 0 Å². The van der Waals surface area contributed by atoms with E-state index < -0.39 is 0 Å². The van der Waals surface area contributed by atoms with Crippen LogP contribution in [0.4, 0.5) is 0 Å². The van der Waals surface area contributed by atoms with Gasteiger partial charge in [-0.15, -0.1) is 11.3 Å². The van der Waals surface area contributed by atoms with E-state index in [-0.39, 0.29) is 5.54 Å². The number of thiophene rings is 1. The highest BCUT2D eigenvalue weighted by molar-refractivity contribution is 7.10. The molecule has 11 heavy (non-hydrogen) atoms. The fourth-order valence-corrected chi connectivity index (χ4v) is 2.35. The Morgan fingerprint density at radius 2 is 2.36 bits per heavy atom. The maximum atomic E-state index is 6.05. The molecule has 0 aromatic carbocycles. The molecule has 0 aliphatic carbocycles. The molecule has 2 heterocycles. The van der Waals surface area contributed by atoms with Gasteiger partial charge in [0.05, 0.1) is 18.8 Å². The lowest BCUT2D eigenvalue weighted by atomic mass is 9.94. The van der Waals surface area contributed by atoms with Crippen molar-refractivity contribution in [3.05, 3.63) is 21.9 Å². The average molecular weight is 169 g/mol. The number of hydrogen-bond acceptors (Lipinski definition) is 3. The maximum absolute atomic E-state index is 6.05. The maximum Gasteiger partial charge on any atom is 0.0979 e. The Kier molecular flexibility index (Phi) is 1.52. The number of aryl methyl sites for hydroxylation is 1. The number of rotatable bonds is 1. The van der Waals surface area contributed by atoms with Crippen LogP contribution in [0.15, 0.2) is 11.4 Å². The molecule has 1 aromatic heterocycles. The van der Waals surface area contributed by atoms with Gasteiger partial charge in [0.1, 0.15) is 0 Å². The van der Waals surface area contributed by atoms with Crippen LogP contribution in [-0.4, -0.2) is 13.2 Å². The van der Waals surface area contributed by atoms with Crippen molar-refractivity contribution in [1.29, 1.82) is 0 Å². The normalized spacial score (nSPS) is 21.3. The van der Waals surface area contributed by atoms with Gasteiger partial charge in [-0.25, -0.2) is 0 Å². The molecule has 1 fully saturated rings. The fourth-order valence-electron chi connectivity index (χ4n) is 1.34. The van der Waals surface area contributed by atoms with Crippen LogP contribution in [0.1, 0.15) is 10.4 Å². The van der Waals surface area contributed by atoms with E-state index in [2.05, 4.69) is 18.4 Å². The third kappa shape index (κ3) is 1.00. The van der Waals surface area contributed by atoms with Crippen molar-refractivity contribution >= 4 is 11.3 Å². The minimum absolute atomic E-state index is 0.168. The van der Waals surface area contributed by atoms with Crippen LogP contribution in [0.5, 0.6) is 0 Å². The first-order valence-corrected chi connectivity index (χ1v) is 4.51. The van der Waals surface area contributed by atoms with E-state index in [1.54, 1.807) is 11.3 Å². The molecule has 2 N–H and O–H groups in total. The molecule has 60 valence electrons. The van der Waals surface area contributed by atoms with Crippen LogP contribution in [0.25, 0.3) is 0 Å². The van der Waals surface area contributed by atoms with Gasteiger partial charge in [-0.05, 0) is 23.9 Å². The molecule has 1 aromatic rings. The lowest BCUT2D eigenvalue weighted by Crippen LogP contribution is -2.54. The van der Waals surface area contributed by atoms with Crippen molar-refractivity contribution in [2.75, 3.05) is 13.2 Å². The standard InChI is InChI=1S/C8H11NOS/c1-6-2-3-11-7(6)8(9)4-10-5-8/h2-3H,4-5,9H2,1H3. The second-order valence-corrected chi connectivity index (χ2v) is 4.00. The van der Waals surface area contributed by atoms with Crippen LogP contribution in [-0.2, 0) is 10.3 Å². The smallest absolute Gasteiger partial charge is 0.0979 e. The van der Waals surface area contributed by atoms with Gasteiger partial charge in [0, 0.05) is 4.88 Å². The first kappa shape index (κ1) is 7.28. The first-order valence-electron chi connectivity index (χ1n) is 3.63. The van der Waals surface area contributed by atoms with Gasteiger partial charge in [0.15, 0.2) is 0 Å². The number of ether oxygens (including phenoxy) is 1. The first-order chi connectivity index (χ1) is 5.22. The highest BCUT2D eigenvalue weighted by atomic mass is 32.1. The molecule has 0 unspecified atom stereocenters. The highest BCUT2D eigenvalue weighted by Gasteiger charge is 2.37. The minimum Gasteiger partial charge on any atom is -0.377 e. The molecule has 0 bridgehead atoms. The molecule has 2 nitrogen and oxygen atoms in total. The molecule has 3 heteroatoms. The van der Waals surface area contributed by atoms with Crippen molar-refractivity contribution in [3.8, 4) is 0 Å². The van der Waals surface area contributed by atoms with Crippen LogP contribution >= 0.6 is 11.3 Å². The summed E-state index contributed by atoms with van der Waals surface area (Å²) in [5, 5.41) is 2.08. The quantitative estimate of drug-likeness (QED) is 0.686. The summed E-state index contributed by atoms with van der Waals surface area (Å²) in [4.78, 5) is 1.28. The Morgan fingerprint density at radius 3 is 2.73 bits per heavy atom. The summed E-state index contributed by atoms with van der Waals surface area (Å²) in [6.45, 7) is 3.45. The Balaban J connectivity index is 2.35. The van der Waals surface area contributed by atoms with Crippen LogP contribution in [0.2, 0.25) is 0 Å². The van der Waals surface area contributed by atoms with E-state index in [0.717, 1.165) is 0 Å². The summed E-state index contributed by atoms with van der Waals surface area (Å²) in [5.41, 5.74) is 7.18. The Morgan fingerprint density at radius 1 is 1.64 bits per heavy atom. The molecule has 0 spiro atoms. The predicted octanol–water partition coefficient (Wildman–Crippen LogP) is 1.24. The zero-order chi connectivity index (χ0) is 7.90. The second kappa shape index (κ2) is 2.30. The van der Waals surface area contributed by atoms with Crippen LogP contribution in [0.3, 0.4) is 0 Å². The summed E-state index contributed by atoms with van der Waals surface area (Å²) < 4.78 is 5.10. The molecular formula is C8H11NOS. The largest absolute Gasteiger partial charge is 0.377 e. The van der Waals surface area contributed by atoms with Gasteiger partial charge < -0.3 is 10.5 Å². The topological polar surface area (TPSA) is 35.2 Å². The molecule has 1 aliphatic rings. The minimum atomic E-state index is -0.168. The molecule has 0 amide bonds. The van der Waals surface area contributed by atoms with Crippen molar-refractivity contribution in [2.24, 2.45) is 5.73 Å². The van der Waals surface area contributed by atoms with E-state index in [0.29, 0.717) is 13.2 Å². The Bertz CT molecular complexity index is 265. The van der Waals surface area contributed by atoms with E-state index in [1.165, 1.54) is 10.4 Å². The van der Waals surface area contributed by atoms with E-state index in [1.807, 2.05) is 0 Å². The fraction of sp³-hybridized carbons (Fsp3) is 0.500. The van der Waals surface area contributed by atoms with Crippen LogP contribution < -0.4 is 5.73 Å². The van der Waals surface area contributed by atoms with Crippen molar-refractivity contribution in [3.63, 3.8) is 0 Å². The molecule has 2 rings (SSSR count). The second-order valence-electron chi connectivity index (χ2n) is 3.08. The monoisotopic (exact) mass is 169 g/mol. The summed E-state index contributed by atoms with van der Waals surface area (Å²) in [7, 11) is 0.